The van der Waals surface area contributed by atoms with E-state index < -0.39 is 11.9 Å². The number of Topliss-reactive ketones (excluding diaryl/α,β-unsaturated/α-hetero) is 1. The molecule has 146 valence electrons. The molecule has 0 bridgehead atoms. The van der Waals surface area contributed by atoms with Crippen LogP contribution in [-0.4, -0.2) is 23.9 Å². The van der Waals surface area contributed by atoms with E-state index in [0.29, 0.717) is 12.1 Å². The lowest BCUT2D eigenvalue weighted by Crippen LogP contribution is -2.32. The minimum Gasteiger partial charge on any atom is -0.489 e. The molecule has 0 aliphatic rings. The van der Waals surface area contributed by atoms with Crippen molar-refractivity contribution in [1.29, 1.82) is 0 Å². The lowest BCUT2D eigenvalue weighted by Gasteiger charge is -2.18. The molecule has 29 heavy (non-hydrogen) atoms. The number of carbonyl (C=O) groups excluding carboxylic acids is 1. The maximum Gasteiger partial charge on any atom is 0.186 e. The number of fused-ring (bicyclic) bond motifs is 1. The van der Waals surface area contributed by atoms with Crippen LogP contribution in [-0.2, 0) is 0 Å². The summed E-state index contributed by atoms with van der Waals surface area (Å²) < 4.78 is 19.2. The van der Waals surface area contributed by atoms with Crippen LogP contribution in [0.25, 0.3) is 10.9 Å². The third kappa shape index (κ3) is 4.20. The number of nitrogens with one attached hydrogen (secondary N) is 2. The molecule has 1 unspecified atom stereocenters. The van der Waals surface area contributed by atoms with Gasteiger partial charge in [-0.2, -0.15) is 0 Å². The predicted octanol–water partition coefficient (Wildman–Crippen LogP) is 4.90. The third-order valence-corrected chi connectivity index (χ3v) is 4.79. The molecule has 4 rings (SSSR count). The lowest BCUT2D eigenvalue weighted by molar-refractivity contribution is 0.0942. The van der Waals surface area contributed by atoms with Crippen molar-refractivity contribution in [2.24, 2.45) is 0 Å². The van der Waals surface area contributed by atoms with Crippen LogP contribution in [0.1, 0.15) is 22.0 Å². The van der Waals surface area contributed by atoms with E-state index in [9.17, 15) is 9.18 Å². The third-order valence-electron chi connectivity index (χ3n) is 4.79. The number of ketones is 1. The van der Waals surface area contributed by atoms with Gasteiger partial charge in [-0.15, -0.1) is 0 Å². The number of hydrogen-bond acceptors (Lipinski definition) is 3. The molecule has 0 saturated heterocycles. The number of aromatic nitrogens is 1. The molecule has 3 aromatic carbocycles. The van der Waals surface area contributed by atoms with Gasteiger partial charge in [0.1, 0.15) is 6.61 Å². The Balaban J connectivity index is 1.51. The summed E-state index contributed by atoms with van der Waals surface area (Å²) >= 11 is 0. The molecule has 0 aliphatic heterocycles. The standard InChI is InChI=1S/C24H21FN2O2/c25-20-11-5-7-13-22(20)29-15-14-26-23(17-8-2-1-3-9-17)24(28)19-16-27-21-12-6-4-10-18(19)21/h1-13,16,23,26-27H,14-15H2. The van der Waals surface area contributed by atoms with Gasteiger partial charge in [0.2, 0.25) is 0 Å². The minimum absolute atomic E-state index is 0.0282. The first-order valence-electron chi connectivity index (χ1n) is 9.50. The van der Waals surface area contributed by atoms with E-state index in [2.05, 4.69) is 10.3 Å². The number of benzene rings is 3. The van der Waals surface area contributed by atoms with E-state index in [1.807, 2.05) is 54.6 Å². The fourth-order valence-electron chi connectivity index (χ4n) is 3.36. The molecule has 0 amide bonds. The first-order valence-corrected chi connectivity index (χ1v) is 9.50. The highest BCUT2D eigenvalue weighted by atomic mass is 19.1. The number of para-hydroxylation sites is 2. The van der Waals surface area contributed by atoms with Crippen molar-refractivity contribution >= 4 is 16.7 Å². The zero-order valence-electron chi connectivity index (χ0n) is 15.8. The predicted molar refractivity (Wildman–Crippen MR) is 112 cm³/mol. The molecule has 0 spiro atoms. The molecule has 5 heteroatoms. The summed E-state index contributed by atoms with van der Waals surface area (Å²) in [6, 6.07) is 23.0. The second-order valence-corrected chi connectivity index (χ2v) is 6.69. The van der Waals surface area contributed by atoms with Gasteiger partial charge in [0.25, 0.3) is 0 Å². The van der Waals surface area contributed by atoms with Crippen LogP contribution in [0.2, 0.25) is 0 Å². The van der Waals surface area contributed by atoms with E-state index in [1.165, 1.54) is 6.07 Å². The molecule has 0 saturated carbocycles. The number of rotatable bonds is 8. The quantitative estimate of drug-likeness (QED) is 0.333. The second-order valence-electron chi connectivity index (χ2n) is 6.69. The summed E-state index contributed by atoms with van der Waals surface area (Å²) in [7, 11) is 0. The van der Waals surface area contributed by atoms with Gasteiger partial charge in [-0.3, -0.25) is 4.79 Å². The summed E-state index contributed by atoms with van der Waals surface area (Å²) in [6.07, 6.45) is 1.75. The van der Waals surface area contributed by atoms with Gasteiger partial charge in [-0.05, 0) is 23.8 Å². The van der Waals surface area contributed by atoms with Crippen molar-refractivity contribution in [2.75, 3.05) is 13.2 Å². The van der Waals surface area contributed by atoms with Crippen molar-refractivity contribution in [3.05, 3.63) is 102 Å². The number of hydrogen-bond donors (Lipinski definition) is 2. The van der Waals surface area contributed by atoms with Gasteiger partial charge in [0.05, 0.1) is 6.04 Å². The molecule has 0 aliphatic carbocycles. The molecular formula is C24H21FN2O2. The van der Waals surface area contributed by atoms with Crippen molar-refractivity contribution in [1.82, 2.24) is 10.3 Å². The highest BCUT2D eigenvalue weighted by Crippen LogP contribution is 2.24. The largest absolute Gasteiger partial charge is 0.489 e. The summed E-state index contributed by atoms with van der Waals surface area (Å²) in [5, 5.41) is 4.16. The average molecular weight is 388 g/mol. The van der Waals surface area contributed by atoms with Gasteiger partial charge < -0.3 is 15.0 Å². The Bertz CT molecular complexity index is 1110. The maximum absolute atomic E-state index is 13.7. The SMILES string of the molecule is O=C(c1c[nH]c2ccccc12)C(NCCOc1ccccc1F)c1ccccc1. The number of ether oxygens (including phenoxy) is 1. The van der Waals surface area contributed by atoms with Crippen molar-refractivity contribution in [3.63, 3.8) is 0 Å². The highest BCUT2D eigenvalue weighted by Gasteiger charge is 2.23. The number of H-pyrrole nitrogens is 1. The zero-order valence-corrected chi connectivity index (χ0v) is 15.8. The summed E-state index contributed by atoms with van der Waals surface area (Å²) in [5.41, 5.74) is 2.43. The van der Waals surface area contributed by atoms with E-state index in [0.717, 1.165) is 16.5 Å². The molecule has 2 N–H and O–H groups in total. The van der Waals surface area contributed by atoms with Crippen molar-refractivity contribution in [2.45, 2.75) is 6.04 Å². The Kier molecular flexibility index (Phi) is 5.68. The molecular weight excluding hydrogens is 367 g/mol. The van der Waals surface area contributed by atoms with Crippen LogP contribution < -0.4 is 10.1 Å². The smallest absolute Gasteiger partial charge is 0.186 e. The van der Waals surface area contributed by atoms with Gasteiger partial charge in [0, 0.05) is 29.2 Å². The molecule has 1 aromatic heterocycles. The van der Waals surface area contributed by atoms with E-state index in [-0.39, 0.29) is 18.1 Å². The molecule has 4 nitrogen and oxygen atoms in total. The first-order chi connectivity index (χ1) is 14.2. The van der Waals surface area contributed by atoms with Crippen LogP contribution in [0.15, 0.2) is 85.1 Å². The normalized spacial score (nSPS) is 12.0. The van der Waals surface area contributed by atoms with Crippen LogP contribution in [0, 0.1) is 5.82 Å². The average Bonchev–Trinajstić information content (AvgIpc) is 3.19. The van der Waals surface area contributed by atoms with Gasteiger partial charge in [0.15, 0.2) is 17.3 Å². The Labute approximate surface area is 168 Å². The molecule has 4 aromatic rings. The Morgan fingerprint density at radius 1 is 0.966 bits per heavy atom. The number of carbonyl (C=O) groups is 1. The van der Waals surface area contributed by atoms with Gasteiger partial charge >= 0.3 is 0 Å². The second kappa shape index (κ2) is 8.71. The van der Waals surface area contributed by atoms with Crippen LogP contribution in [0.5, 0.6) is 5.75 Å². The molecule has 0 radical (unpaired) electrons. The van der Waals surface area contributed by atoms with Crippen LogP contribution >= 0.6 is 0 Å². The highest BCUT2D eigenvalue weighted by molar-refractivity contribution is 6.10. The molecule has 1 heterocycles. The lowest BCUT2D eigenvalue weighted by atomic mass is 9.97. The van der Waals surface area contributed by atoms with Crippen molar-refractivity contribution in [3.8, 4) is 5.75 Å². The fraction of sp³-hybridized carbons (Fsp3) is 0.125. The summed E-state index contributed by atoms with van der Waals surface area (Å²) in [6.45, 7) is 0.632. The first kappa shape index (κ1) is 18.9. The monoisotopic (exact) mass is 388 g/mol. The zero-order chi connectivity index (χ0) is 20.1. The van der Waals surface area contributed by atoms with Crippen LogP contribution in [0.3, 0.4) is 0 Å². The van der Waals surface area contributed by atoms with Crippen molar-refractivity contribution < 1.29 is 13.9 Å². The van der Waals surface area contributed by atoms with E-state index in [1.54, 1.807) is 24.4 Å². The Morgan fingerprint density at radius 3 is 2.52 bits per heavy atom. The molecule has 1 atom stereocenters. The van der Waals surface area contributed by atoms with E-state index in [4.69, 9.17) is 4.74 Å². The summed E-state index contributed by atoms with van der Waals surface area (Å²) in [5.74, 6) is -0.227. The van der Waals surface area contributed by atoms with E-state index >= 15 is 0 Å². The van der Waals surface area contributed by atoms with Crippen LogP contribution in [0.4, 0.5) is 4.39 Å². The Hall–Kier alpha value is -3.44. The Morgan fingerprint density at radius 2 is 1.69 bits per heavy atom. The topological polar surface area (TPSA) is 54.1 Å². The summed E-state index contributed by atoms with van der Waals surface area (Å²) in [4.78, 5) is 16.5. The maximum atomic E-state index is 13.7. The number of aromatic amines is 1. The van der Waals surface area contributed by atoms with Gasteiger partial charge in [-0.1, -0.05) is 60.7 Å². The fourth-order valence-corrected chi connectivity index (χ4v) is 3.36. The minimum atomic E-state index is -0.528. The molecule has 0 fully saturated rings. The van der Waals surface area contributed by atoms with Gasteiger partial charge in [-0.25, -0.2) is 4.39 Å². The number of halogens is 1.